The minimum absolute atomic E-state index is 0.359. The van der Waals surface area contributed by atoms with Gasteiger partial charge in [-0.25, -0.2) is 0 Å². The Morgan fingerprint density at radius 2 is 1.72 bits per heavy atom. The second-order valence-corrected chi connectivity index (χ2v) is 6.87. The van der Waals surface area contributed by atoms with Gasteiger partial charge in [0.1, 0.15) is 0 Å². The third-order valence-corrected chi connectivity index (χ3v) is 4.39. The number of ether oxygens (including phenoxy) is 1. The van der Waals surface area contributed by atoms with Crippen LogP contribution in [-0.4, -0.2) is 24.8 Å². The summed E-state index contributed by atoms with van der Waals surface area (Å²) in [4.78, 5) is 0. The predicted octanol–water partition coefficient (Wildman–Crippen LogP) is 3.85. The van der Waals surface area contributed by atoms with Crippen LogP contribution < -0.4 is 5.32 Å². The summed E-state index contributed by atoms with van der Waals surface area (Å²) in [5.41, 5.74) is 0. The van der Waals surface area contributed by atoms with Gasteiger partial charge in [0.15, 0.2) is 0 Å². The van der Waals surface area contributed by atoms with Crippen molar-refractivity contribution < 1.29 is 4.74 Å². The van der Waals surface area contributed by atoms with Crippen molar-refractivity contribution in [2.24, 2.45) is 17.8 Å². The van der Waals surface area contributed by atoms with E-state index in [4.69, 9.17) is 4.74 Å². The summed E-state index contributed by atoms with van der Waals surface area (Å²) in [5, 5.41) is 3.51. The van der Waals surface area contributed by atoms with Gasteiger partial charge >= 0.3 is 0 Å². The van der Waals surface area contributed by atoms with Gasteiger partial charge in [0.05, 0.1) is 12.2 Å². The lowest BCUT2D eigenvalue weighted by Crippen LogP contribution is -2.40. The lowest BCUT2D eigenvalue weighted by atomic mass is 9.80. The molecule has 0 bridgehead atoms. The summed E-state index contributed by atoms with van der Waals surface area (Å²) in [6.45, 7) is 14.7. The van der Waals surface area contributed by atoms with Gasteiger partial charge in [-0.3, -0.25) is 0 Å². The molecule has 4 unspecified atom stereocenters. The predicted molar refractivity (Wildman–Crippen MR) is 78.8 cm³/mol. The van der Waals surface area contributed by atoms with Crippen molar-refractivity contribution >= 4 is 0 Å². The number of rotatable bonds is 6. The van der Waals surface area contributed by atoms with Crippen LogP contribution in [0.25, 0.3) is 0 Å². The maximum Gasteiger partial charge on any atom is 0.0726 e. The average molecular weight is 255 g/mol. The molecule has 1 fully saturated rings. The van der Waals surface area contributed by atoms with E-state index in [-0.39, 0.29) is 0 Å². The maximum absolute atomic E-state index is 6.36. The molecule has 4 atom stereocenters. The highest BCUT2D eigenvalue weighted by atomic mass is 16.5. The molecule has 2 heteroatoms. The van der Waals surface area contributed by atoms with Crippen molar-refractivity contribution in [1.82, 2.24) is 5.32 Å². The van der Waals surface area contributed by atoms with Crippen molar-refractivity contribution in [3.8, 4) is 0 Å². The largest absolute Gasteiger partial charge is 0.373 e. The zero-order valence-corrected chi connectivity index (χ0v) is 13.2. The lowest BCUT2D eigenvalue weighted by Gasteiger charge is -2.35. The summed E-state index contributed by atoms with van der Waals surface area (Å²) in [7, 11) is 0. The molecule has 0 spiro atoms. The number of hydrogen-bond donors (Lipinski definition) is 1. The van der Waals surface area contributed by atoms with Crippen molar-refractivity contribution in [2.75, 3.05) is 6.54 Å². The highest BCUT2D eigenvalue weighted by Gasteiger charge is 2.27. The quantitative estimate of drug-likeness (QED) is 0.778. The first kappa shape index (κ1) is 16.0. The fourth-order valence-corrected chi connectivity index (χ4v) is 2.66. The van der Waals surface area contributed by atoms with Crippen molar-refractivity contribution in [1.29, 1.82) is 0 Å². The summed E-state index contributed by atoms with van der Waals surface area (Å²) in [6, 6.07) is 0.542. The summed E-state index contributed by atoms with van der Waals surface area (Å²) >= 11 is 0. The van der Waals surface area contributed by atoms with Crippen molar-refractivity contribution in [3.05, 3.63) is 0 Å². The molecular formula is C16H33NO. The van der Waals surface area contributed by atoms with Gasteiger partial charge in [0.2, 0.25) is 0 Å². The standard InChI is InChI=1S/C16H33NO/c1-11(2)16(10-17-12(3)4)18-15-8-7-13(5)14(6)9-15/h11-17H,7-10H2,1-6H3. The zero-order valence-electron chi connectivity index (χ0n) is 13.2. The third kappa shape index (κ3) is 5.27. The number of hydrogen-bond acceptors (Lipinski definition) is 2. The Labute approximate surface area is 114 Å². The molecule has 2 nitrogen and oxygen atoms in total. The van der Waals surface area contributed by atoms with Crippen LogP contribution in [0.5, 0.6) is 0 Å². The molecule has 1 aliphatic carbocycles. The first-order valence-corrected chi connectivity index (χ1v) is 7.79. The molecule has 0 radical (unpaired) electrons. The molecule has 0 saturated heterocycles. The van der Waals surface area contributed by atoms with E-state index in [0.717, 1.165) is 18.4 Å². The van der Waals surface area contributed by atoms with E-state index < -0.39 is 0 Å². The molecule has 1 saturated carbocycles. The minimum atomic E-state index is 0.359. The summed E-state index contributed by atoms with van der Waals surface area (Å²) in [6.07, 6.45) is 4.66. The minimum Gasteiger partial charge on any atom is -0.373 e. The second-order valence-electron chi connectivity index (χ2n) is 6.87. The van der Waals surface area contributed by atoms with E-state index in [1.165, 1.54) is 19.3 Å². The molecule has 0 amide bonds. The molecule has 1 rings (SSSR count). The Bertz CT molecular complexity index is 227. The van der Waals surface area contributed by atoms with Crippen LogP contribution in [0.15, 0.2) is 0 Å². The molecular weight excluding hydrogens is 222 g/mol. The van der Waals surface area contributed by atoms with Crippen LogP contribution in [0.3, 0.4) is 0 Å². The van der Waals surface area contributed by atoms with Gasteiger partial charge in [0.25, 0.3) is 0 Å². The van der Waals surface area contributed by atoms with Crippen LogP contribution in [0, 0.1) is 17.8 Å². The van der Waals surface area contributed by atoms with Crippen LogP contribution in [0.2, 0.25) is 0 Å². The highest BCUT2D eigenvalue weighted by Crippen LogP contribution is 2.32. The Morgan fingerprint density at radius 3 is 2.22 bits per heavy atom. The molecule has 108 valence electrons. The molecule has 0 aromatic carbocycles. The molecule has 0 aromatic heterocycles. The monoisotopic (exact) mass is 255 g/mol. The van der Waals surface area contributed by atoms with Crippen LogP contribution in [0.1, 0.15) is 60.8 Å². The Hall–Kier alpha value is -0.0800. The fourth-order valence-electron chi connectivity index (χ4n) is 2.66. The summed E-state index contributed by atoms with van der Waals surface area (Å²) < 4.78 is 6.36. The zero-order chi connectivity index (χ0) is 13.7. The fraction of sp³-hybridized carbons (Fsp3) is 1.00. The molecule has 1 N–H and O–H groups in total. The average Bonchev–Trinajstić information content (AvgIpc) is 2.28. The van der Waals surface area contributed by atoms with Gasteiger partial charge in [-0.1, -0.05) is 41.5 Å². The van der Waals surface area contributed by atoms with Gasteiger partial charge < -0.3 is 10.1 Å². The molecule has 0 aliphatic heterocycles. The molecule has 18 heavy (non-hydrogen) atoms. The Morgan fingerprint density at radius 1 is 1.06 bits per heavy atom. The van der Waals surface area contributed by atoms with E-state index in [2.05, 4.69) is 46.9 Å². The van der Waals surface area contributed by atoms with Crippen LogP contribution >= 0.6 is 0 Å². The third-order valence-electron chi connectivity index (χ3n) is 4.39. The molecule has 1 aliphatic rings. The Balaban J connectivity index is 2.41. The van der Waals surface area contributed by atoms with Gasteiger partial charge in [-0.15, -0.1) is 0 Å². The van der Waals surface area contributed by atoms with Crippen molar-refractivity contribution in [3.63, 3.8) is 0 Å². The lowest BCUT2D eigenvalue weighted by molar-refractivity contribution is -0.0646. The van der Waals surface area contributed by atoms with E-state index >= 15 is 0 Å². The van der Waals surface area contributed by atoms with Crippen LogP contribution in [0.4, 0.5) is 0 Å². The van der Waals surface area contributed by atoms with Crippen molar-refractivity contribution in [2.45, 2.75) is 79.1 Å². The highest BCUT2D eigenvalue weighted by molar-refractivity contribution is 4.78. The van der Waals surface area contributed by atoms with Gasteiger partial charge in [-0.05, 0) is 37.0 Å². The maximum atomic E-state index is 6.36. The molecule has 0 aromatic rings. The van der Waals surface area contributed by atoms with Gasteiger partial charge in [-0.2, -0.15) is 0 Å². The van der Waals surface area contributed by atoms with E-state index in [1.807, 2.05) is 0 Å². The van der Waals surface area contributed by atoms with Gasteiger partial charge in [0, 0.05) is 12.6 Å². The SMILES string of the molecule is CC(C)NCC(OC1CCC(C)C(C)C1)C(C)C. The Kier molecular flexibility index (Phi) is 6.65. The summed E-state index contributed by atoms with van der Waals surface area (Å²) in [5.74, 6) is 2.27. The first-order chi connectivity index (χ1) is 8.40. The normalized spacial score (nSPS) is 31.0. The van der Waals surface area contributed by atoms with E-state index in [0.29, 0.717) is 24.2 Å². The van der Waals surface area contributed by atoms with E-state index in [1.54, 1.807) is 0 Å². The first-order valence-electron chi connectivity index (χ1n) is 7.79. The second kappa shape index (κ2) is 7.49. The molecule has 0 heterocycles. The number of nitrogens with one attached hydrogen (secondary N) is 1. The van der Waals surface area contributed by atoms with Crippen LogP contribution in [-0.2, 0) is 4.74 Å². The van der Waals surface area contributed by atoms with E-state index in [9.17, 15) is 0 Å². The topological polar surface area (TPSA) is 21.3 Å². The smallest absolute Gasteiger partial charge is 0.0726 e.